The van der Waals surface area contributed by atoms with Crippen LogP contribution in [0.3, 0.4) is 0 Å². The smallest absolute Gasteiger partial charge is 0 e. The van der Waals surface area contributed by atoms with Gasteiger partial charge in [-0.2, -0.15) is 0 Å². The zero-order valence-corrected chi connectivity index (χ0v) is 11.6. The molecular weight excluding hydrogens is 235 g/mol. The van der Waals surface area contributed by atoms with Crippen LogP contribution in [0, 0.1) is 0 Å². The summed E-state index contributed by atoms with van der Waals surface area (Å²) in [6.07, 6.45) is 0. The molecule has 1 radical (unpaired) electrons. The van der Waals surface area contributed by atoms with Gasteiger partial charge in [0.05, 0.1) is 0 Å². The molecule has 33 valence electrons. The Morgan fingerprint density at radius 2 is 1.43 bits per heavy atom. The summed E-state index contributed by atoms with van der Waals surface area (Å²) in [6, 6.07) is 0. The van der Waals surface area contributed by atoms with Crippen LogP contribution in [0.1, 0.15) is 4.28 Å². The van der Waals surface area contributed by atoms with Gasteiger partial charge in [0.2, 0.25) is 0 Å². The van der Waals surface area contributed by atoms with Crippen molar-refractivity contribution >= 4 is 23.1 Å². The third-order valence-electron chi connectivity index (χ3n) is 0. The van der Waals surface area contributed by atoms with Crippen LogP contribution in [0.4, 0.5) is 0 Å². The molecule has 0 unspecified atom stereocenters. The van der Waals surface area contributed by atoms with E-state index in [0.717, 1.165) is 0 Å². The average Bonchev–Trinajstić information content (AvgIpc) is 0.811. The molecule has 1 N–H and O–H groups in total. The maximum atomic E-state index is 8.67. The van der Waals surface area contributed by atoms with Crippen LogP contribution < -0.4 is 29.6 Å². The van der Waals surface area contributed by atoms with Crippen molar-refractivity contribution in [1.29, 1.82) is 0 Å². The zero-order valence-electron chi connectivity index (χ0n) is 7.00. The van der Waals surface area contributed by atoms with Crippen LogP contribution in [0.15, 0.2) is 0 Å². The molecule has 7 heavy (non-hydrogen) atoms. The largest absolute Gasteiger partial charge is 0 e. The van der Waals surface area contributed by atoms with Gasteiger partial charge in [0.15, 0.2) is 0 Å². The molecule has 0 bridgehead atoms. The van der Waals surface area contributed by atoms with Gasteiger partial charge in [0.1, 0.15) is 0 Å². The van der Waals surface area contributed by atoms with Crippen LogP contribution in [0.5, 0.6) is 0 Å². The Morgan fingerprint density at radius 3 is 1.43 bits per heavy atom. The van der Waals surface area contributed by atoms with Gasteiger partial charge in [-0.1, -0.05) is 0 Å². The molecule has 0 atom stereocenters. The molecule has 0 rings (SSSR count). The first-order valence-electron chi connectivity index (χ1n) is 0.565. The van der Waals surface area contributed by atoms with E-state index in [1.54, 1.807) is 0 Å². The Hall–Kier alpha value is 3.01. The molecule has 3 nitrogen and oxygen atoms in total. The fourth-order valence-corrected chi connectivity index (χ4v) is 0. The second-order valence-electron chi connectivity index (χ2n) is 0.238. The fourth-order valence-electron chi connectivity index (χ4n) is 0. The summed E-state index contributed by atoms with van der Waals surface area (Å²) in [5.74, 6) is 0. The molecule has 0 aromatic carbocycles. The van der Waals surface area contributed by atoms with E-state index >= 15 is 0 Å². The van der Waals surface area contributed by atoms with Gasteiger partial charge in [-0.3, -0.25) is 0 Å². The molecule has 0 fully saturated rings. The number of hydrogen-bond donors (Lipinski definition) is 1. The van der Waals surface area contributed by atoms with Gasteiger partial charge >= 0.3 is 79.4 Å². The topological polar surface area (TPSA) is 54.4 Å². The minimum Gasteiger partial charge on any atom is 0 e. The van der Waals surface area contributed by atoms with Crippen molar-refractivity contribution in [2.75, 3.05) is 0 Å². The number of hydrogen-bond acceptors (Lipinski definition) is 2. The predicted molar refractivity (Wildman–Crippen MR) is 12.7 cm³/mol. The maximum absolute atomic E-state index is 8.67. The van der Waals surface area contributed by atoms with Crippen molar-refractivity contribution < 1.29 is 93.3 Å². The van der Waals surface area contributed by atoms with Gasteiger partial charge in [0.25, 0.3) is 0 Å². The van der Waals surface area contributed by atoms with Crippen LogP contribution in [0.2, 0.25) is 0 Å². The minimum absolute atomic E-state index is 0. The Bertz CT molecular complexity index is 72.1. The molecule has 0 amide bonds. The second kappa shape index (κ2) is 16.0. The summed E-state index contributed by atoms with van der Waals surface area (Å²) in [4.78, 5) is 0. The van der Waals surface area contributed by atoms with Crippen LogP contribution in [-0.4, -0.2) is 27.1 Å². The van der Waals surface area contributed by atoms with Gasteiger partial charge in [-0.15, -0.1) is 0 Å². The molecule has 0 heterocycles. The first-order chi connectivity index (χ1) is 1.73. The fraction of sp³-hybridized carbons (Fsp3) is 0. The summed E-state index contributed by atoms with van der Waals surface area (Å²) in [7, 11) is 0. The van der Waals surface area contributed by atoms with Crippen LogP contribution in [-0.2, 0) is 55.5 Å². The average molecular weight is 239 g/mol. The summed E-state index contributed by atoms with van der Waals surface area (Å²) >= 11 is -3.69. The molecule has 0 spiro atoms. The Balaban J connectivity index is -0.00000000300. The summed E-state index contributed by atoms with van der Waals surface area (Å²) in [5.41, 5.74) is 0. The quantitative estimate of drug-likeness (QED) is 0.441. The molecule has 0 aliphatic heterocycles. The summed E-state index contributed by atoms with van der Waals surface area (Å²) in [5, 5.41) is 0. The van der Waals surface area contributed by atoms with Crippen molar-refractivity contribution in [2.24, 2.45) is 0 Å². The van der Waals surface area contributed by atoms with Gasteiger partial charge in [-0.25, -0.2) is 0 Å². The molecule has 0 aromatic heterocycles. The van der Waals surface area contributed by atoms with Crippen molar-refractivity contribution in [1.82, 2.24) is 0 Å². The van der Waals surface area contributed by atoms with E-state index in [1.807, 2.05) is 0 Å². The Labute approximate surface area is 114 Å². The van der Waals surface area contributed by atoms with Crippen molar-refractivity contribution in [3.8, 4) is 0 Å². The normalized spacial score (nSPS) is 3.57. The molecule has 0 aliphatic carbocycles. The maximum Gasteiger partial charge on any atom is 0 e. The van der Waals surface area contributed by atoms with Crippen molar-refractivity contribution in [3.05, 3.63) is 0 Å². The zero-order chi connectivity index (χ0) is 3.58. The molecule has 7 heteroatoms. The summed E-state index contributed by atoms with van der Waals surface area (Å²) < 4.78 is 24.4. The predicted octanol–water partition coefficient (Wildman–Crippen LogP) is -3.84. The Morgan fingerprint density at radius 1 is 1.43 bits per heavy atom. The van der Waals surface area contributed by atoms with E-state index in [9.17, 15) is 0 Å². The molecule has 0 saturated heterocycles. The van der Waals surface area contributed by atoms with Gasteiger partial charge in [0, 0.05) is 32.7 Å². The van der Waals surface area contributed by atoms with Gasteiger partial charge in [-0.05, 0) is 0 Å². The third-order valence-corrected chi connectivity index (χ3v) is 0. The molecule has 0 aliphatic rings. The monoisotopic (exact) mass is 239 g/mol. The number of rotatable bonds is 0. The first kappa shape index (κ1) is 22.5. The van der Waals surface area contributed by atoms with E-state index in [4.69, 9.17) is 11.4 Å². The van der Waals surface area contributed by atoms with E-state index in [1.165, 1.54) is 0 Å². The van der Waals surface area contributed by atoms with Gasteiger partial charge < -0.3 is 4.28 Å². The third kappa shape index (κ3) is 48.8. The van der Waals surface area contributed by atoms with E-state index in [2.05, 4.69) is 0 Å². The van der Waals surface area contributed by atoms with Crippen LogP contribution >= 0.6 is 0 Å². The van der Waals surface area contributed by atoms with E-state index in [-0.39, 0.29) is 89.6 Å². The molecule has 0 aromatic rings. The minimum atomic E-state index is -3.69. The van der Waals surface area contributed by atoms with E-state index in [0.29, 0.717) is 0 Å². The van der Waals surface area contributed by atoms with E-state index < -0.39 is 15.4 Å². The van der Waals surface area contributed by atoms with Crippen LogP contribution in [0.25, 0.3) is 0 Å². The van der Waals surface area contributed by atoms with Crippen molar-refractivity contribution in [3.63, 3.8) is 0 Å². The first-order valence-corrected chi connectivity index (χ1v) is 2.33. The second-order valence-corrected chi connectivity index (χ2v) is 0.981. The Kier molecular flexibility index (Phi) is 51.4. The standard InChI is InChI=1S/Mg.Na.H2O.2O.V.Y.3H/h;;1H2;;;;;;;/q+2;+1;;;;+1;;3*-1/p-1. The summed E-state index contributed by atoms with van der Waals surface area (Å²) in [6.45, 7) is 0. The van der Waals surface area contributed by atoms with Crippen molar-refractivity contribution in [2.45, 2.75) is 0 Å². The molecular formula is H4MgNaO3VY. The SMILES string of the molecule is [H-].[H-].[H-].[Mg+2].[Na+].[O]=[V](=[O])[OH].[Y]. The molecule has 0 saturated carbocycles.